The van der Waals surface area contributed by atoms with E-state index in [0.717, 1.165) is 18.5 Å². The van der Waals surface area contributed by atoms with E-state index in [4.69, 9.17) is 0 Å². The molecule has 1 fully saturated rings. The largest absolute Gasteiger partial charge is 0.348 e. The van der Waals surface area contributed by atoms with Gasteiger partial charge in [0.25, 0.3) is 5.91 Å². The van der Waals surface area contributed by atoms with Crippen LogP contribution in [-0.2, 0) is 4.79 Å². The molecule has 0 saturated carbocycles. The summed E-state index contributed by atoms with van der Waals surface area (Å²) in [6.45, 7) is 2.97. The van der Waals surface area contributed by atoms with Gasteiger partial charge in [0, 0.05) is 31.7 Å². The Labute approximate surface area is 135 Å². The van der Waals surface area contributed by atoms with Crippen molar-refractivity contribution in [2.75, 3.05) is 13.1 Å². The number of carbonyl (C=O) groups excluding carboxylic acids is 2. The number of nitrogens with one attached hydrogen (secondary N) is 1. The Kier molecular flexibility index (Phi) is 4.41. The highest BCUT2D eigenvalue weighted by Gasteiger charge is 2.23. The molecule has 1 N–H and O–H groups in total. The van der Waals surface area contributed by atoms with E-state index in [-0.39, 0.29) is 17.9 Å². The third kappa shape index (κ3) is 3.41. The van der Waals surface area contributed by atoms with Crippen molar-refractivity contribution >= 4 is 11.8 Å². The molecule has 0 radical (unpaired) electrons. The third-order valence-electron chi connectivity index (χ3n) is 4.18. The van der Waals surface area contributed by atoms with E-state index >= 15 is 0 Å². The zero-order chi connectivity index (χ0) is 16.2. The minimum atomic E-state index is -0.132. The first kappa shape index (κ1) is 15.3. The van der Waals surface area contributed by atoms with Gasteiger partial charge in [0.2, 0.25) is 5.91 Å². The predicted molar refractivity (Wildman–Crippen MR) is 86.3 cm³/mol. The van der Waals surface area contributed by atoms with Crippen LogP contribution in [0.3, 0.4) is 0 Å². The van der Waals surface area contributed by atoms with Crippen molar-refractivity contribution in [3.63, 3.8) is 0 Å². The van der Waals surface area contributed by atoms with Gasteiger partial charge in [0.05, 0.1) is 12.5 Å². The van der Waals surface area contributed by atoms with E-state index in [1.54, 1.807) is 24.0 Å². The highest BCUT2D eigenvalue weighted by Crippen LogP contribution is 2.14. The lowest BCUT2D eigenvalue weighted by Crippen LogP contribution is -2.46. The van der Waals surface area contributed by atoms with Crippen LogP contribution in [0.2, 0.25) is 0 Å². The second-order valence-electron chi connectivity index (χ2n) is 5.74. The van der Waals surface area contributed by atoms with Gasteiger partial charge in [-0.05, 0) is 25.0 Å². The summed E-state index contributed by atoms with van der Waals surface area (Å²) in [6.07, 6.45) is 4.78. The molecule has 1 aliphatic heterocycles. The molecule has 120 valence electrons. The number of benzene rings is 1. The highest BCUT2D eigenvalue weighted by atomic mass is 16.2. The Bertz CT molecular complexity index is 688. The second kappa shape index (κ2) is 6.64. The summed E-state index contributed by atoms with van der Waals surface area (Å²) in [4.78, 5) is 29.8. The number of likely N-dealkylation sites (tertiary alicyclic amines) is 1. The normalized spacial score (nSPS) is 15.4. The summed E-state index contributed by atoms with van der Waals surface area (Å²) < 4.78 is 1.78. The maximum absolute atomic E-state index is 12.5. The zero-order valence-electron chi connectivity index (χ0n) is 13.1. The standard InChI is InChI=1S/C17H20N4O2/c1-13(22)20-9-7-14(8-10-20)19-17(23)16-11-18-12-21(16)15-5-3-2-4-6-15/h2-6,11-12,14H,7-10H2,1H3,(H,19,23). The average Bonchev–Trinajstić information content (AvgIpc) is 3.06. The van der Waals surface area contributed by atoms with Crippen LogP contribution in [0.4, 0.5) is 0 Å². The number of aromatic nitrogens is 2. The first-order valence-corrected chi connectivity index (χ1v) is 7.79. The summed E-state index contributed by atoms with van der Waals surface area (Å²) in [5, 5.41) is 3.05. The lowest BCUT2D eigenvalue weighted by atomic mass is 10.0. The smallest absolute Gasteiger partial charge is 0.270 e. The van der Waals surface area contributed by atoms with E-state index in [0.29, 0.717) is 18.8 Å². The minimum absolute atomic E-state index is 0.0944. The van der Waals surface area contributed by atoms with Crippen LogP contribution in [0.1, 0.15) is 30.3 Å². The van der Waals surface area contributed by atoms with Crippen LogP contribution >= 0.6 is 0 Å². The van der Waals surface area contributed by atoms with Gasteiger partial charge in [-0.25, -0.2) is 4.98 Å². The number of hydrogen-bond donors (Lipinski definition) is 1. The molecule has 0 aliphatic carbocycles. The first-order valence-electron chi connectivity index (χ1n) is 7.79. The van der Waals surface area contributed by atoms with Crippen molar-refractivity contribution in [2.45, 2.75) is 25.8 Å². The van der Waals surface area contributed by atoms with Gasteiger partial charge in [-0.15, -0.1) is 0 Å². The van der Waals surface area contributed by atoms with Gasteiger partial charge in [-0.1, -0.05) is 18.2 Å². The highest BCUT2D eigenvalue weighted by molar-refractivity contribution is 5.93. The number of para-hydroxylation sites is 1. The Morgan fingerprint density at radius 2 is 1.87 bits per heavy atom. The Morgan fingerprint density at radius 1 is 1.17 bits per heavy atom. The Balaban J connectivity index is 1.66. The van der Waals surface area contributed by atoms with Gasteiger partial charge in [-0.2, -0.15) is 0 Å². The van der Waals surface area contributed by atoms with E-state index in [1.165, 1.54) is 0 Å². The van der Waals surface area contributed by atoms with E-state index in [9.17, 15) is 9.59 Å². The number of rotatable bonds is 3. The Morgan fingerprint density at radius 3 is 2.52 bits per heavy atom. The first-order chi connectivity index (χ1) is 11.1. The SMILES string of the molecule is CC(=O)N1CCC(NC(=O)c2cncn2-c2ccccc2)CC1. The molecular weight excluding hydrogens is 292 g/mol. The Hall–Kier alpha value is -2.63. The predicted octanol–water partition coefficient (Wildman–Crippen LogP) is 1.61. The summed E-state index contributed by atoms with van der Waals surface area (Å²) in [5.41, 5.74) is 1.42. The van der Waals surface area contributed by atoms with Crippen LogP contribution in [0.5, 0.6) is 0 Å². The summed E-state index contributed by atoms with van der Waals surface area (Å²) in [6, 6.07) is 9.75. The average molecular weight is 312 g/mol. The summed E-state index contributed by atoms with van der Waals surface area (Å²) in [5.74, 6) is -0.0374. The molecule has 0 bridgehead atoms. The molecule has 2 heterocycles. The van der Waals surface area contributed by atoms with Gasteiger partial charge in [-0.3, -0.25) is 14.2 Å². The summed E-state index contributed by atoms with van der Waals surface area (Å²) >= 11 is 0. The molecule has 6 heteroatoms. The van der Waals surface area contributed by atoms with Gasteiger partial charge in [0.1, 0.15) is 5.69 Å². The van der Waals surface area contributed by atoms with Crippen molar-refractivity contribution < 1.29 is 9.59 Å². The molecule has 1 saturated heterocycles. The molecule has 23 heavy (non-hydrogen) atoms. The van der Waals surface area contributed by atoms with Crippen LogP contribution in [0, 0.1) is 0 Å². The number of imidazole rings is 1. The van der Waals surface area contributed by atoms with E-state index in [2.05, 4.69) is 10.3 Å². The minimum Gasteiger partial charge on any atom is -0.348 e. The zero-order valence-corrected chi connectivity index (χ0v) is 13.1. The number of amides is 2. The second-order valence-corrected chi connectivity index (χ2v) is 5.74. The molecule has 0 unspecified atom stereocenters. The molecule has 1 aliphatic rings. The van der Waals surface area contributed by atoms with Crippen molar-refractivity contribution in [1.29, 1.82) is 0 Å². The van der Waals surface area contributed by atoms with Crippen molar-refractivity contribution in [1.82, 2.24) is 19.8 Å². The van der Waals surface area contributed by atoms with Crippen molar-refractivity contribution in [3.05, 3.63) is 48.5 Å². The van der Waals surface area contributed by atoms with Crippen molar-refractivity contribution in [3.8, 4) is 5.69 Å². The fourth-order valence-corrected chi connectivity index (χ4v) is 2.86. The maximum Gasteiger partial charge on any atom is 0.270 e. The number of nitrogens with zero attached hydrogens (tertiary/aromatic N) is 3. The van der Waals surface area contributed by atoms with E-state index in [1.807, 2.05) is 35.2 Å². The molecule has 3 rings (SSSR count). The molecule has 1 aromatic carbocycles. The van der Waals surface area contributed by atoms with Gasteiger partial charge >= 0.3 is 0 Å². The fraction of sp³-hybridized carbons (Fsp3) is 0.353. The third-order valence-corrected chi connectivity index (χ3v) is 4.18. The molecule has 0 spiro atoms. The topological polar surface area (TPSA) is 67.2 Å². The van der Waals surface area contributed by atoms with E-state index < -0.39 is 0 Å². The maximum atomic E-state index is 12.5. The fourth-order valence-electron chi connectivity index (χ4n) is 2.86. The molecular formula is C17H20N4O2. The monoisotopic (exact) mass is 312 g/mol. The van der Waals surface area contributed by atoms with Crippen LogP contribution in [-0.4, -0.2) is 45.4 Å². The molecule has 1 aromatic heterocycles. The molecule has 6 nitrogen and oxygen atoms in total. The quantitative estimate of drug-likeness (QED) is 0.936. The number of piperidine rings is 1. The van der Waals surface area contributed by atoms with Crippen LogP contribution < -0.4 is 5.32 Å². The van der Waals surface area contributed by atoms with Crippen molar-refractivity contribution in [2.24, 2.45) is 0 Å². The van der Waals surface area contributed by atoms with Gasteiger partial charge < -0.3 is 10.2 Å². The lowest BCUT2D eigenvalue weighted by molar-refractivity contribution is -0.129. The molecule has 0 atom stereocenters. The van der Waals surface area contributed by atoms with Crippen LogP contribution in [0.15, 0.2) is 42.9 Å². The van der Waals surface area contributed by atoms with Gasteiger partial charge in [0.15, 0.2) is 0 Å². The molecule has 2 amide bonds. The molecule has 2 aromatic rings. The lowest BCUT2D eigenvalue weighted by Gasteiger charge is -2.31. The summed E-state index contributed by atoms with van der Waals surface area (Å²) in [7, 11) is 0. The number of hydrogen-bond acceptors (Lipinski definition) is 3. The number of carbonyl (C=O) groups is 2. The van der Waals surface area contributed by atoms with Crippen LogP contribution in [0.25, 0.3) is 5.69 Å².